The first-order valence-electron chi connectivity index (χ1n) is 6.46. The van der Waals surface area contributed by atoms with Crippen molar-refractivity contribution >= 4 is 0 Å². The highest BCUT2D eigenvalue weighted by Crippen LogP contribution is 2.15. The van der Waals surface area contributed by atoms with E-state index in [9.17, 15) is 9.50 Å². The van der Waals surface area contributed by atoms with Crippen LogP contribution in [-0.4, -0.2) is 55.1 Å². The lowest BCUT2D eigenvalue weighted by Crippen LogP contribution is -2.48. The van der Waals surface area contributed by atoms with Crippen LogP contribution in [0.15, 0.2) is 24.3 Å². The van der Waals surface area contributed by atoms with Gasteiger partial charge in [0.15, 0.2) is 0 Å². The fraction of sp³-hybridized carbons (Fsp3) is 0.571. The molecule has 1 atom stereocenters. The van der Waals surface area contributed by atoms with Gasteiger partial charge in [-0.1, -0.05) is 0 Å². The second kappa shape index (κ2) is 6.32. The number of β-amino-alcohol motifs (C(OH)–C–C–N with tert-alkyl or cyclic N) is 1. The van der Waals surface area contributed by atoms with Gasteiger partial charge in [0.05, 0.1) is 13.2 Å². The molecule has 1 fully saturated rings. The molecule has 0 radical (unpaired) electrons. The lowest BCUT2D eigenvalue weighted by molar-refractivity contribution is -0.0435. The molecule has 0 unspecified atom stereocenters. The third-order valence-corrected chi connectivity index (χ3v) is 3.03. The van der Waals surface area contributed by atoms with Crippen LogP contribution in [0.4, 0.5) is 4.39 Å². The van der Waals surface area contributed by atoms with E-state index in [-0.39, 0.29) is 12.4 Å². The van der Waals surface area contributed by atoms with Gasteiger partial charge in [0.1, 0.15) is 23.8 Å². The number of benzene rings is 1. The van der Waals surface area contributed by atoms with Gasteiger partial charge >= 0.3 is 0 Å². The predicted molar refractivity (Wildman–Crippen MR) is 69.8 cm³/mol. The van der Waals surface area contributed by atoms with Gasteiger partial charge < -0.3 is 14.6 Å². The Kier molecular flexibility index (Phi) is 4.74. The summed E-state index contributed by atoms with van der Waals surface area (Å²) in [5, 5.41) is 10.3. The van der Waals surface area contributed by atoms with Crippen molar-refractivity contribution in [1.82, 2.24) is 4.90 Å². The molecular weight excluding hydrogens is 249 g/mol. The second-order valence-electron chi connectivity index (χ2n) is 5.13. The molecular formula is C14H20FNO3. The summed E-state index contributed by atoms with van der Waals surface area (Å²) in [5.74, 6) is 0.260. The quantitative estimate of drug-likeness (QED) is 0.874. The maximum absolute atomic E-state index is 12.7. The summed E-state index contributed by atoms with van der Waals surface area (Å²) < 4.78 is 23.5. The molecule has 1 aliphatic heterocycles. The standard InChI is InChI=1S/C14H20FNO3/c1-14(17,10-16-6-8-18-9-7-16)11-19-13-4-2-12(15)3-5-13/h2-5,17H,6-11H2,1H3/t14-/m1/s1. The Morgan fingerprint density at radius 1 is 1.32 bits per heavy atom. The summed E-state index contributed by atoms with van der Waals surface area (Å²) in [4.78, 5) is 2.15. The van der Waals surface area contributed by atoms with Crippen LogP contribution in [0.5, 0.6) is 5.75 Å². The Morgan fingerprint density at radius 2 is 1.95 bits per heavy atom. The Hall–Kier alpha value is -1.17. The molecule has 1 heterocycles. The minimum Gasteiger partial charge on any atom is -0.491 e. The number of aliphatic hydroxyl groups is 1. The van der Waals surface area contributed by atoms with E-state index in [1.807, 2.05) is 0 Å². The smallest absolute Gasteiger partial charge is 0.123 e. The summed E-state index contributed by atoms with van der Waals surface area (Å²) in [6, 6.07) is 5.79. The average Bonchev–Trinajstić information content (AvgIpc) is 2.39. The molecule has 0 aliphatic carbocycles. The first kappa shape index (κ1) is 14.2. The minimum atomic E-state index is -0.939. The van der Waals surface area contributed by atoms with E-state index in [1.54, 1.807) is 19.1 Å². The zero-order chi connectivity index (χ0) is 13.7. The molecule has 1 N–H and O–H groups in total. The van der Waals surface area contributed by atoms with Gasteiger partial charge in [0.25, 0.3) is 0 Å². The van der Waals surface area contributed by atoms with Crippen molar-refractivity contribution in [2.45, 2.75) is 12.5 Å². The van der Waals surface area contributed by atoms with Crippen molar-refractivity contribution in [3.05, 3.63) is 30.1 Å². The van der Waals surface area contributed by atoms with Crippen molar-refractivity contribution in [3.8, 4) is 5.75 Å². The fourth-order valence-corrected chi connectivity index (χ4v) is 2.06. The van der Waals surface area contributed by atoms with Gasteiger partial charge in [0, 0.05) is 19.6 Å². The van der Waals surface area contributed by atoms with E-state index in [0.29, 0.717) is 25.5 Å². The number of halogens is 1. The summed E-state index contributed by atoms with van der Waals surface area (Å²) >= 11 is 0. The summed E-state index contributed by atoms with van der Waals surface area (Å²) in [7, 11) is 0. The number of rotatable bonds is 5. The first-order valence-corrected chi connectivity index (χ1v) is 6.46. The van der Waals surface area contributed by atoms with Gasteiger partial charge in [-0.15, -0.1) is 0 Å². The van der Waals surface area contributed by atoms with E-state index >= 15 is 0 Å². The molecule has 1 aliphatic rings. The van der Waals surface area contributed by atoms with Gasteiger partial charge in [-0.05, 0) is 31.2 Å². The SMILES string of the molecule is C[C@](O)(COc1ccc(F)cc1)CN1CCOCC1. The van der Waals surface area contributed by atoms with Crippen molar-refractivity contribution < 1.29 is 19.0 Å². The van der Waals surface area contributed by atoms with E-state index < -0.39 is 5.60 Å². The fourth-order valence-electron chi connectivity index (χ4n) is 2.06. The van der Waals surface area contributed by atoms with Crippen molar-refractivity contribution in [3.63, 3.8) is 0 Å². The Labute approximate surface area is 112 Å². The average molecular weight is 269 g/mol. The number of nitrogens with zero attached hydrogens (tertiary/aromatic N) is 1. The van der Waals surface area contributed by atoms with Crippen LogP contribution >= 0.6 is 0 Å². The van der Waals surface area contributed by atoms with Crippen molar-refractivity contribution in [2.24, 2.45) is 0 Å². The van der Waals surface area contributed by atoms with Gasteiger partial charge in [-0.2, -0.15) is 0 Å². The topological polar surface area (TPSA) is 41.9 Å². The lowest BCUT2D eigenvalue weighted by Gasteiger charge is -2.33. The van der Waals surface area contributed by atoms with E-state index in [2.05, 4.69) is 4.90 Å². The first-order chi connectivity index (χ1) is 9.05. The predicted octanol–water partition coefficient (Wildman–Crippen LogP) is 1.29. The molecule has 0 amide bonds. The maximum Gasteiger partial charge on any atom is 0.123 e. The molecule has 0 spiro atoms. The maximum atomic E-state index is 12.7. The van der Waals surface area contributed by atoms with Crippen LogP contribution < -0.4 is 4.74 Å². The molecule has 4 nitrogen and oxygen atoms in total. The molecule has 0 bridgehead atoms. The van der Waals surface area contributed by atoms with Crippen LogP contribution in [0.3, 0.4) is 0 Å². The van der Waals surface area contributed by atoms with Gasteiger partial charge in [0.2, 0.25) is 0 Å². The normalized spacial score (nSPS) is 19.9. The summed E-state index contributed by atoms with van der Waals surface area (Å²) in [6.07, 6.45) is 0. The highest BCUT2D eigenvalue weighted by Gasteiger charge is 2.26. The van der Waals surface area contributed by atoms with Crippen LogP contribution in [0.1, 0.15) is 6.92 Å². The number of morpholine rings is 1. The van der Waals surface area contributed by atoms with Crippen molar-refractivity contribution in [1.29, 1.82) is 0 Å². The minimum absolute atomic E-state index is 0.177. The molecule has 2 rings (SSSR count). The number of hydrogen-bond acceptors (Lipinski definition) is 4. The third-order valence-electron chi connectivity index (χ3n) is 3.03. The van der Waals surface area contributed by atoms with Crippen LogP contribution in [-0.2, 0) is 4.74 Å². The highest BCUT2D eigenvalue weighted by molar-refractivity contribution is 5.22. The molecule has 0 aromatic heterocycles. The third kappa shape index (κ3) is 4.78. The van der Waals surface area contributed by atoms with Crippen molar-refractivity contribution in [2.75, 3.05) is 39.5 Å². The Balaban J connectivity index is 1.81. The zero-order valence-electron chi connectivity index (χ0n) is 11.1. The molecule has 0 saturated carbocycles. The highest BCUT2D eigenvalue weighted by atomic mass is 19.1. The summed E-state index contributed by atoms with van der Waals surface area (Å²) in [6.45, 7) is 5.52. The molecule has 106 valence electrons. The zero-order valence-corrected chi connectivity index (χ0v) is 11.1. The van der Waals surface area contributed by atoms with E-state index in [0.717, 1.165) is 13.1 Å². The summed E-state index contributed by atoms with van der Waals surface area (Å²) in [5.41, 5.74) is -0.939. The Morgan fingerprint density at radius 3 is 2.58 bits per heavy atom. The Bertz CT molecular complexity index is 388. The molecule has 5 heteroatoms. The lowest BCUT2D eigenvalue weighted by atomic mass is 10.1. The molecule has 1 aromatic carbocycles. The van der Waals surface area contributed by atoms with Gasteiger partial charge in [-0.3, -0.25) is 4.90 Å². The number of ether oxygens (including phenoxy) is 2. The molecule has 1 aromatic rings. The second-order valence-corrected chi connectivity index (χ2v) is 5.13. The van der Waals surface area contributed by atoms with E-state index in [1.165, 1.54) is 12.1 Å². The molecule has 19 heavy (non-hydrogen) atoms. The molecule has 1 saturated heterocycles. The van der Waals surface area contributed by atoms with Crippen LogP contribution in [0.25, 0.3) is 0 Å². The largest absolute Gasteiger partial charge is 0.491 e. The van der Waals surface area contributed by atoms with Gasteiger partial charge in [-0.25, -0.2) is 4.39 Å². The monoisotopic (exact) mass is 269 g/mol. The van der Waals surface area contributed by atoms with Crippen LogP contribution in [0.2, 0.25) is 0 Å². The number of hydrogen-bond donors (Lipinski definition) is 1. The van der Waals surface area contributed by atoms with Crippen LogP contribution in [0, 0.1) is 5.82 Å². The van der Waals surface area contributed by atoms with E-state index in [4.69, 9.17) is 9.47 Å².